The monoisotopic (exact) mass is 394 g/mol. The molecule has 1 amide bonds. The summed E-state index contributed by atoms with van der Waals surface area (Å²) in [7, 11) is 0. The molecule has 2 N–H and O–H groups in total. The zero-order valence-corrected chi connectivity index (χ0v) is 16.3. The number of amides is 1. The number of aromatic amines is 1. The van der Waals surface area contributed by atoms with Gasteiger partial charge in [0.25, 0.3) is 5.56 Å². The zero-order chi connectivity index (χ0) is 19.3. The number of piperidine rings is 1. The highest BCUT2D eigenvalue weighted by atomic mass is 32.2. The maximum Gasteiger partial charge on any atom is 0.259 e. The molecule has 144 valence electrons. The molecule has 1 fully saturated rings. The predicted molar refractivity (Wildman–Crippen MR) is 114 cm³/mol. The molecule has 4 rings (SSSR count). The third-order valence-electron chi connectivity index (χ3n) is 4.81. The third kappa shape index (κ3) is 4.20. The van der Waals surface area contributed by atoms with Crippen molar-refractivity contribution in [3.63, 3.8) is 0 Å². The minimum atomic E-state index is -0.191. The van der Waals surface area contributed by atoms with E-state index in [0.29, 0.717) is 16.1 Å². The number of nitrogens with one attached hydrogen (secondary N) is 2. The molecule has 3 aromatic rings. The van der Waals surface area contributed by atoms with Gasteiger partial charge in [0, 0.05) is 13.1 Å². The lowest BCUT2D eigenvalue weighted by molar-refractivity contribution is -0.113. The number of aromatic nitrogens is 2. The van der Waals surface area contributed by atoms with E-state index in [2.05, 4.69) is 26.3 Å². The number of carbonyl (C=O) groups is 1. The first-order chi connectivity index (χ1) is 13.7. The van der Waals surface area contributed by atoms with Crippen LogP contribution in [0.25, 0.3) is 10.9 Å². The second-order valence-corrected chi connectivity index (χ2v) is 7.75. The van der Waals surface area contributed by atoms with Gasteiger partial charge in [-0.1, -0.05) is 36.0 Å². The first kappa shape index (κ1) is 18.6. The Morgan fingerprint density at radius 3 is 2.68 bits per heavy atom. The van der Waals surface area contributed by atoms with Crippen LogP contribution >= 0.6 is 11.8 Å². The fraction of sp³-hybridized carbons (Fsp3) is 0.286. The summed E-state index contributed by atoms with van der Waals surface area (Å²) in [5, 5.41) is 4.00. The zero-order valence-electron chi connectivity index (χ0n) is 15.5. The van der Waals surface area contributed by atoms with Crippen molar-refractivity contribution >= 4 is 39.9 Å². The molecule has 1 aliphatic heterocycles. The van der Waals surface area contributed by atoms with E-state index in [-0.39, 0.29) is 17.2 Å². The molecule has 0 unspecified atom stereocenters. The average Bonchev–Trinajstić information content (AvgIpc) is 2.73. The fourth-order valence-corrected chi connectivity index (χ4v) is 4.11. The molecule has 0 spiro atoms. The summed E-state index contributed by atoms with van der Waals surface area (Å²) >= 11 is 1.23. The Balaban J connectivity index is 1.43. The van der Waals surface area contributed by atoms with Gasteiger partial charge in [0.1, 0.15) is 0 Å². The van der Waals surface area contributed by atoms with E-state index < -0.39 is 0 Å². The predicted octanol–water partition coefficient (Wildman–Crippen LogP) is 3.64. The molecule has 0 radical (unpaired) electrons. The van der Waals surface area contributed by atoms with E-state index in [1.54, 1.807) is 18.2 Å². The molecule has 0 aliphatic carbocycles. The number of hydrogen-bond donors (Lipinski definition) is 2. The maximum absolute atomic E-state index is 12.5. The van der Waals surface area contributed by atoms with Crippen LogP contribution in [-0.2, 0) is 4.79 Å². The molecule has 2 aromatic carbocycles. The van der Waals surface area contributed by atoms with Gasteiger partial charge in [0.2, 0.25) is 5.91 Å². The van der Waals surface area contributed by atoms with Crippen LogP contribution < -0.4 is 15.8 Å². The van der Waals surface area contributed by atoms with Crippen molar-refractivity contribution in [3.05, 3.63) is 58.9 Å². The lowest BCUT2D eigenvalue weighted by atomic mass is 10.1. The van der Waals surface area contributed by atoms with Crippen LogP contribution in [0.15, 0.2) is 58.5 Å². The molecule has 28 heavy (non-hydrogen) atoms. The number of benzene rings is 2. The van der Waals surface area contributed by atoms with Gasteiger partial charge in [0.05, 0.1) is 28.0 Å². The lowest BCUT2D eigenvalue weighted by Gasteiger charge is -2.30. The molecule has 2 heterocycles. The van der Waals surface area contributed by atoms with Crippen LogP contribution in [0.5, 0.6) is 0 Å². The van der Waals surface area contributed by atoms with E-state index in [1.807, 2.05) is 24.3 Å². The number of carbonyl (C=O) groups excluding carboxylic acids is 1. The fourth-order valence-electron chi connectivity index (χ4n) is 3.44. The standard InChI is InChI=1S/C21H22N4O2S/c26-19(14-28-21-23-16-9-3-2-8-15(16)20(27)24-21)22-17-10-4-5-11-18(17)25-12-6-1-7-13-25/h2-5,8-11H,1,6-7,12-14H2,(H,22,26)(H,23,24,27). The topological polar surface area (TPSA) is 78.1 Å². The van der Waals surface area contributed by atoms with Gasteiger partial charge in [0.15, 0.2) is 5.16 Å². The van der Waals surface area contributed by atoms with Crippen molar-refractivity contribution in [2.24, 2.45) is 0 Å². The summed E-state index contributed by atoms with van der Waals surface area (Å²) in [6, 6.07) is 15.1. The van der Waals surface area contributed by atoms with Crippen LogP contribution in [0.1, 0.15) is 19.3 Å². The minimum Gasteiger partial charge on any atom is -0.370 e. The van der Waals surface area contributed by atoms with E-state index in [1.165, 1.54) is 31.0 Å². The van der Waals surface area contributed by atoms with E-state index in [4.69, 9.17) is 0 Å². The highest BCUT2D eigenvalue weighted by Crippen LogP contribution is 2.28. The van der Waals surface area contributed by atoms with Gasteiger partial charge in [-0.3, -0.25) is 9.59 Å². The van der Waals surface area contributed by atoms with Crippen molar-refractivity contribution in [1.82, 2.24) is 9.97 Å². The Morgan fingerprint density at radius 2 is 1.82 bits per heavy atom. The number of anilines is 2. The normalized spacial score (nSPS) is 14.2. The average molecular weight is 395 g/mol. The maximum atomic E-state index is 12.5. The van der Waals surface area contributed by atoms with Gasteiger partial charge in [-0.2, -0.15) is 0 Å². The van der Waals surface area contributed by atoms with Crippen LogP contribution in [0.4, 0.5) is 11.4 Å². The van der Waals surface area contributed by atoms with E-state index in [0.717, 1.165) is 24.5 Å². The Kier molecular flexibility index (Phi) is 5.62. The van der Waals surface area contributed by atoms with Gasteiger partial charge >= 0.3 is 0 Å². The van der Waals surface area contributed by atoms with Crippen LogP contribution in [-0.4, -0.2) is 34.7 Å². The second-order valence-electron chi connectivity index (χ2n) is 6.79. The summed E-state index contributed by atoms with van der Waals surface area (Å²) in [4.78, 5) is 34.1. The second kappa shape index (κ2) is 8.48. The number of H-pyrrole nitrogens is 1. The van der Waals surface area contributed by atoms with Crippen molar-refractivity contribution in [1.29, 1.82) is 0 Å². The Bertz CT molecular complexity index is 1040. The highest BCUT2D eigenvalue weighted by molar-refractivity contribution is 7.99. The number of rotatable bonds is 5. The molecule has 1 saturated heterocycles. The molecule has 1 aromatic heterocycles. The molecule has 0 atom stereocenters. The number of thioether (sulfide) groups is 1. The first-order valence-electron chi connectivity index (χ1n) is 9.46. The quantitative estimate of drug-likeness (QED) is 0.510. The highest BCUT2D eigenvalue weighted by Gasteiger charge is 2.16. The summed E-state index contributed by atoms with van der Waals surface area (Å²) in [5.74, 6) is 0.0561. The summed E-state index contributed by atoms with van der Waals surface area (Å²) in [6.45, 7) is 2.04. The smallest absolute Gasteiger partial charge is 0.259 e. The molecule has 6 nitrogen and oxygen atoms in total. The SMILES string of the molecule is O=C(CSc1nc2ccccc2c(=O)[nH]1)Nc1ccccc1N1CCCCC1. The molecule has 7 heteroatoms. The van der Waals surface area contributed by atoms with E-state index >= 15 is 0 Å². The van der Waals surface area contributed by atoms with Crippen LogP contribution in [0, 0.1) is 0 Å². The Morgan fingerprint density at radius 1 is 1.07 bits per heavy atom. The van der Waals surface area contributed by atoms with Crippen molar-refractivity contribution < 1.29 is 4.79 Å². The number of fused-ring (bicyclic) bond motifs is 1. The number of hydrogen-bond acceptors (Lipinski definition) is 5. The van der Waals surface area contributed by atoms with Crippen molar-refractivity contribution in [2.75, 3.05) is 29.1 Å². The van der Waals surface area contributed by atoms with Gasteiger partial charge in [-0.15, -0.1) is 0 Å². The first-order valence-corrected chi connectivity index (χ1v) is 10.4. The molecule has 0 bridgehead atoms. The van der Waals surface area contributed by atoms with Crippen LogP contribution in [0.3, 0.4) is 0 Å². The Hall–Kier alpha value is -2.80. The van der Waals surface area contributed by atoms with Gasteiger partial charge in [-0.25, -0.2) is 4.98 Å². The van der Waals surface area contributed by atoms with Crippen molar-refractivity contribution in [3.8, 4) is 0 Å². The van der Waals surface area contributed by atoms with Gasteiger partial charge in [-0.05, 0) is 43.5 Å². The lowest BCUT2D eigenvalue weighted by Crippen LogP contribution is -2.30. The minimum absolute atomic E-state index is 0.120. The molecule has 1 aliphatic rings. The van der Waals surface area contributed by atoms with E-state index in [9.17, 15) is 9.59 Å². The number of para-hydroxylation sites is 3. The van der Waals surface area contributed by atoms with Crippen LogP contribution in [0.2, 0.25) is 0 Å². The molecular weight excluding hydrogens is 372 g/mol. The molecule has 0 saturated carbocycles. The summed E-state index contributed by atoms with van der Waals surface area (Å²) < 4.78 is 0. The van der Waals surface area contributed by atoms with Crippen molar-refractivity contribution in [2.45, 2.75) is 24.4 Å². The third-order valence-corrected chi connectivity index (χ3v) is 5.68. The van der Waals surface area contributed by atoms with Gasteiger partial charge < -0.3 is 15.2 Å². The largest absolute Gasteiger partial charge is 0.370 e. The molecular formula is C21H22N4O2S. The number of nitrogens with zero attached hydrogens (tertiary/aromatic N) is 2. The Labute approximate surface area is 167 Å². The summed E-state index contributed by atoms with van der Waals surface area (Å²) in [5.41, 5.74) is 2.33. The summed E-state index contributed by atoms with van der Waals surface area (Å²) in [6.07, 6.45) is 3.62.